The van der Waals surface area contributed by atoms with Crippen molar-refractivity contribution in [3.63, 3.8) is 0 Å². The Morgan fingerprint density at radius 2 is 1.58 bits per heavy atom. The van der Waals surface area contributed by atoms with Gasteiger partial charge in [-0.25, -0.2) is 4.98 Å². The van der Waals surface area contributed by atoms with Gasteiger partial charge in [0.15, 0.2) is 0 Å². The van der Waals surface area contributed by atoms with E-state index in [1.54, 1.807) is 0 Å². The van der Waals surface area contributed by atoms with Crippen LogP contribution >= 0.6 is 0 Å². The van der Waals surface area contributed by atoms with E-state index in [0.717, 1.165) is 28.8 Å². The Morgan fingerprint density at radius 1 is 0.917 bits per heavy atom. The fourth-order valence-corrected chi connectivity index (χ4v) is 4.03. The highest BCUT2D eigenvalue weighted by Crippen LogP contribution is 2.37. The third kappa shape index (κ3) is 5.29. The van der Waals surface area contributed by atoms with Crippen LogP contribution in [0.15, 0.2) is 36.5 Å². The quantitative estimate of drug-likeness (QED) is 0.312. The van der Waals surface area contributed by atoms with E-state index < -0.39 is 23.5 Å². The van der Waals surface area contributed by atoms with Crippen LogP contribution in [0.5, 0.6) is 0 Å². The first-order valence-corrected chi connectivity index (χ1v) is 11.1. The number of aryl methyl sites for hydroxylation is 3. The van der Waals surface area contributed by atoms with Crippen LogP contribution in [0.2, 0.25) is 0 Å². The summed E-state index contributed by atoms with van der Waals surface area (Å²) in [7, 11) is 1.51. The molecule has 0 saturated heterocycles. The van der Waals surface area contributed by atoms with E-state index in [0.29, 0.717) is 18.6 Å². The van der Waals surface area contributed by atoms with E-state index in [1.807, 2.05) is 36.7 Å². The van der Waals surface area contributed by atoms with Gasteiger partial charge in [-0.2, -0.15) is 31.1 Å². The topological polar surface area (TPSA) is 64.7 Å². The van der Waals surface area contributed by atoms with E-state index in [9.17, 15) is 26.3 Å². The van der Waals surface area contributed by atoms with Gasteiger partial charge in [-0.1, -0.05) is 12.0 Å². The van der Waals surface area contributed by atoms with Crippen molar-refractivity contribution < 1.29 is 26.3 Å². The van der Waals surface area contributed by atoms with Crippen molar-refractivity contribution in [3.8, 4) is 0 Å². The first kappa shape index (κ1) is 25.5. The summed E-state index contributed by atoms with van der Waals surface area (Å²) in [5.74, 6) is 0.0664. The number of fused-ring (bicyclic) bond motifs is 1. The van der Waals surface area contributed by atoms with E-state index >= 15 is 0 Å². The van der Waals surface area contributed by atoms with Gasteiger partial charge in [0.1, 0.15) is 5.65 Å². The zero-order valence-corrected chi connectivity index (χ0v) is 19.7. The fraction of sp³-hybridized carbons (Fsp3) is 0.391. The van der Waals surface area contributed by atoms with E-state index in [2.05, 4.69) is 15.4 Å². The predicted molar refractivity (Wildman–Crippen MR) is 120 cm³/mol. The van der Waals surface area contributed by atoms with Gasteiger partial charge in [0.05, 0.1) is 18.2 Å². The lowest BCUT2D eigenvalue weighted by Gasteiger charge is -2.23. The summed E-state index contributed by atoms with van der Waals surface area (Å²) in [5, 5.41) is 12.7. The molecule has 0 bridgehead atoms. The summed E-state index contributed by atoms with van der Waals surface area (Å²) in [4.78, 5) is 7.41. The number of pyridine rings is 1. The van der Waals surface area contributed by atoms with Crippen molar-refractivity contribution in [3.05, 3.63) is 64.5 Å². The molecule has 0 aliphatic heterocycles. The number of halogens is 6. The van der Waals surface area contributed by atoms with Crippen LogP contribution in [0.25, 0.3) is 11.0 Å². The first-order chi connectivity index (χ1) is 16.9. The largest absolute Gasteiger partial charge is 0.416 e. The van der Waals surface area contributed by atoms with Gasteiger partial charge in [-0.05, 0) is 60.0 Å². The van der Waals surface area contributed by atoms with Crippen LogP contribution in [0.1, 0.15) is 41.8 Å². The summed E-state index contributed by atoms with van der Waals surface area (Å²) in [6.45, 7) is 4.44. The number of aromatic nitrogens is 6. The van der Waals surface area contributed by atoms with Crippen molar-refractivity contribution in [1.29, 1.82) is 0 Å². The van der Waals surface area contributed by atoms with Crippen LogP contribution < -0.4 is 4.90 Å². The highest BCUT2D eigenvalue weighted by atomic mass is 19.4. The van der Waals surface area contributed by atoms with Crippen LogP contribution in [0, 0.1) is 0 Å². The Morgan fingerprint density at radius 3 is 2.11 bits per heavy atom. The van der Waals surface area contributed by atoms with Crippen molar-refractivity contribution in [2.75, 3.05) is 4.90 Å². The molecule has 0 spiro atoms. The standard InChI is InChI=1S/C23H23F6N7/c1-4-19-16(10-15-6-7-35(5-2)20(15)30-19)13-36(21-31-33-34(3)32-21)12-14-8-17(22(24,25)26)11-18(9-14)23(27,28)29/h6-11H,4-5,12-13H2,1-3H3. The molecule has 0 N–H and O–H groups in total. The maximum atomic E-state index is 13.4. The van der Waals surface area contributed by atoms with Gasteiger partial charge < -0.3 is 9.47 Å². The molecule has 0 atom stereocenters. The van der Waals surface area contributed by atoms with Crippen molar-refractivity contribution in [1.82, 2.24) is 29.8 Å². The molecule has 0 amide bonds. The first-order valence-electron chi connectivity index (χ1n) is 11.1. The van der Waals surface area contributed by atoms with Gasteiger partial charge in [0, 0.05) is 36.9 Å². The second-order valence-electron chi connectivity index (χ2n) is 8.31. The summed E-state index contributed by atoms with van der Waals surface area (Å²) in [6, 6.07) is 5.36. The van der Waals surface area contributed by atoms with Gasteiger partial charge in [-0.15, -0.1) is 5.10 Å². The number of rotatable bonds is 7. The molecular formula is C23H23F6N7. The minimum absolute atomic E-state index is 0.0664. The molecule has 7 nitrogen and oxygen atoms in total. The maximum Gasteiger partial charge on any atom is 0.416 e. The Bertz CT molecular complexity index is 1340. The molecule has 1 aromatic carbocycles. The maximum absolute atomic E-state index is 13.4. The molecule has 0 aliphatic carbocycles. The van der Waals surface area contributed by atoms with Crippen LogP contribution in [0.3, 0.4) is 0 Å². The molecule has 13 heteroatoms. The third-order valence-electron chi connectivity index (χ3n) is 5.74. The van der Waals surface area contributed by atoms with E-state index in [-0.39, 0.29) is 30.7 Å². The van der Waals surface area contributed by atoms with Crippen LogP contribution in [-0.4, -0.2) is 29.8 Å². The lowest BCUT2D eigenvalue weighted by molar-refractivity contribution is -0.143. The predicted octanol–water partition coefficient (Wildman–Crippen LogP) is 5.39. The molecule has 4 aromatic rings. The summed E-state index contributed by atoms with van der Waals surface area (Å²) < 4.78 is 82.4. The summed E-state index contributed by atoms with van der Waals surface area (Å²) in [6.07, 6.45) is -7.40. The normalized spacial score (nSPS) is 12.5. The van der Waals surface area contributed by atoms with Crippen LogP contribution in [0.4, 0.5) is 32.3 Å². The number of benzene rings is 1. The second-order valence-corrected chi connectivity index (χ2v) is 8.31. The molecule has 0 fully saturated rings. The molecule has 36 heavy (non-hydrogen) atoms. The number of hydrogen-bond acceptors (Lipinski definition) is 5. The highest BCUT2D eigenvalue weighted by molar-refractivity contribution is 5.77. The van der Waals surface area contributed by atoms with Crippen molar-refractivity contribution >= 4 is 17.0 Å². The fourth-order valence-electron chi connectivity index (χ4n) is 4.03. The number of tetrazole rings is 1. The third-order valence-corrected chi connectivity index (χ3v) is 5.74. The molecule has 0 saturated carbocycles. The van der Waals surface area contributed by atoms with Crippen molar-refractivity contribution in [2.45, 2.75) is 52.3 Å². The van der Waals surface area contributed by atoms with Gasteiger partial charge >= 0.3 is 12.4 Å². The molecule has 3 heterocycles. The van der Waals surface area contributed by atoms with Gasteiger partial charge in [0.2, 0.25) is 0 Å². The molecular weight excluding hydrogens is 488 g/mol. The average molecular weight is 511 g/mol. The Kier molecular flexibility index (Phi) is 6.67. The molecule has 0 radical (unpaired) electrons. The molecule has 0 aliphatic rings. The zero-order valence-electron chi connectivity index (χ0n) is 19.7. The minimum Gasteiger partial charge on any atom is -0.333 e. The Labute approximate surface area is 202 Å². The summed E-state index contributed by atoms with van der Waals surface area (Å²) in [5.41, 5.74) is -0.627. The number of nitrogens with zero attached hydrogens (tertiary/aromatic N) is 7. The monoisotopic (exact) mass is 511 g/mol. The highest BCUT2D eigenvalue weighted by Gasteiger charge is 2.37. The number of hydrogen-bond donors (Lipinski definition) is 0. The Hall–Kier alpha value is -3.64. The smallest absolute Gasteiger partial charge is 0.333 e. The lowest BCUT2D eigenvalue weighted by atomic mass is 10.0. The lowest BCUT2D eigenvalue weighted by Crippen LogP contribution is -2.25. The number of alkyl halides is 6. The second kappa shape index (κ2) is 9.43. The molecule has 4 rings (SSSR count). The minimum atomic E-state index is -4.94. The Balaban J connectivity index is 1.77. The zero-order chi connectivity index (χ0) is 26.3. The molecule has 0 unspecified atom stereocenters. The summed E-state index contributed by atoms with van der Waals surface area (Å²) >= 11 is 0. The molecule has 192 valence electrons. The van der Waals surface area contributed by atoms with Crippen molar-refractivity contribution in [2.24, 2.45) is 7.05 Å². The van der Waals surface area contributed by atoms with E-state index in [4.69, 9.17) is 4.98 Å². The SMILES string of the molecule is CCc1nc2c(ccn2CC)cc1CN(Cc1cc(C(F)(F)F)cc(C(F)(F)F)c1)c1nnn(C)n1. The molecule has 3 aromatic heterocycles. The van der Waals surface area contributed by atoms with E-state index in [1.165, 1.54) is 16.7 Å². The van der Waals surface area contributed by atoms with Crippen LogP contribution in [-0.2, 0) is 45.5 Å². The average Bonchev–Trinajstić information content (AvgIpc) is 3.42. The van der Waals surface area contributed by atoms with Gasteiger partial charge in [0.25, 0.3) is 5.95 Å². The number of anilines is 1. The van der Waals surface area contributed by atoms with Gasteiger partial charge in [-0.3, -0.25) is 0 Å².